The van der Waals surface area contributed by atoms with Crippen LogP contribution < -0.4 is 14.2 Å². The van der Waals surface area contributed by atoms with Crippen molar-refractivity contribution in [1.82, 2.24) is 0 Å². The summed E-state index contributed by atoms with van der Waals surface area (Å²) in [5.41, 5.74) is 0.737. The molecule has 3 rings (SSSR count). The quantitative estimate of drug-likeness (QED) is 0.450. The molecule has 0 saturated heterocycles. The maximum atomic E-state index is 12.3. The number of carboxylic acid groups (broad SMARTS) is 1. The number of hydrogen-bond acceptors (Lipinski definition) is 4. The van der Waals surface area contributed by atoms with Crippen LogP contribution in [0.2, 0.25) is 5.02 Å². The molecule has 1 N–H and O–H groups in total. The molecule has 2 aromatic rings. The maximum Gasteiger partial charge on any atom is 0.573 e. The van der Waals surface area contributed by atoms with Gasteiger partial charge in [0.25, 0.3) is 0 Å². The van der Waals surface area contributed by atoms with Crippen LogP contribution >= 0.6 is 11.6 Å². The zero-order valence-corrected chi connectivity index (χ0v) is 18.4. The number of unbranched alkanes of at least 4 members (excludes halogenated alkanes) is 1. The number of carboxylic acids is 1. The molecule has 0 saturated carbocycles. The number of fused-ring (bicyclic) bond motifs is 1. The van der Waals surface area contributed by atoms with Gasteiger partial charge in [-0.05, 0) is 48.6 Å². The highest BCUT2D eigenvalue weighted by atomic mass is 35.5. The molecule has 1 atom stereocenters. The largest absolute Gasteiger partial charge is 0.573 e. The Balaban J connectivity index is 1.48. The number of benzene rings is 2. The second-order valence-corrected chi connectivity index (χ2v) is 8.42. The number of ether oxygens (including phenoxy) is 3. The van der Waals surface area contributed by atoms with Crippen LogP contribution in [0.3, 0.4) is 0 Å². The molecule has 174 valence electrons. The minimum absolute atomic E-state index is 0.0393. The zero-order valence-electron chi connectivity index (χ0n) is 17.7. The second kappa shape index (κ2) is 9.48. The van der Waals surface area contributed by atoms with E-state index in [0.29, 0.717) is 25.2 Å². The fraction of sp³-hybridized carbons (Fsp3) is 0.435. The first kappa shape index (κ1) is 24.0. The number of aryl methyl sites for hydroxylation is 1. The third-order valence-corrected chi connectivity index (χ3v) is 5.71. The molecule has 0 aromatic heterocycles. The Morgan fingerprint density at radius 2 is 1.97 bits per heavy atom. The van der Waals surface area contributed by atoms with Crippen molar-refractivity contribution in [1.29, 1.82) is 0 Å². The molecule has 0 aliphatic carbocycles. The van der Waals surface area contributed by atoms with Crippen molar-refractivity contribution in [3.8, 4) is 17.2 Å². The predicted molar refractivity (Wildman–Crippen MR) is 113 cm³/mol. The third kappa shape index (κ3) is 5.59. The van der Waals surface area contributed by atoms with Crippen LogP contribution in [0.25, 0.3) is 0 Å². The van der Waals surface area contributed by atoms with Crippen molar-refractivity contribution in [2.75, 3.05) is 6.61 Å². The number of rotatable bonds is 9. The highest BCUT2D eigenvalue weighted by Crippen LogP contribution is 2.40. The monoisotopic (exact) mass is 472 g/mol. The van der Waals surface area contributed by atoms with E-state index in [1.807, 2.05) is 32.0 Å². The normalized spacial score (nSPS) is 17.7. The predicted octanol–water partition coefficient (Wildman–Crippen LogP) is 6.05. The average Bonchev–Trinajstić information content (AvgIpc) is 3.08. The summed E-state index contributed by atoms with van der Waals surface area (Å²) in [6, 6.07) is 9.28. The number of alkyl halides is 3. The summed E-state index contributed by atoms with van der Waals surface area (Å²) in [7, 11) is 0. The lowest BCUT2D eigenvalue weighted by molar-refractivity contribution is -0.274. The van der Waals surface area contributed by atoms with Crippen LogP contribution in [-0.2, 0) is 17.6 Å². The lowest BCUT2D eigenvalue weighted by atomic mass is 9.86. The zero-order chi connectivity index (χ0) is 23.5. The van der Waals surface area contributed by atoms with Crippen molar-refractivity contribution in [2.45, 2.75) is 51.5 Å². The lowest BCUT2D eigenvalue weighted by Crippen LogP contribution is -2.48. The van der Waals surface area contributed by atoms with Crippen LogP contribution in [0.1, 0.15) is 37.8 Å². The van der Waals surface area contributed by atoms with E-state index in [2.05, 4.69) is 4.74 Å². The van der Waals surface area contributed by atoms with E-state index >= 15 is 0 Å². The fourth-order valence-electron chi connectivity index (χ4n) is 3.64. The molecule has 0 fully saturated rings. The van der Waals surface area contributed by atoms with Gasteiger partial charge < -0.3 is 19.3 Å². The first-order chi connectivity index (χ1) is 15.0. The van der Waals surface area contributed by atoms with Crippen molar-refractivity contribution in [3.05, 3.63) is 52.5 Å². The Morgan fingerprint density at radius 3 is 2.59 bits per heavy atom. The highest BCUT2D eigenvalue weighted by Gasteiger charge is 2.49. The summed E-state index contributed by atoms with van der Waals surface area (Å²) >= 11 is 5.96. The van der Waals surface area contributed by atoms with Crippen molar-refractivity contribution < 1.29 is 37.3 Å². The van der Waals surface area contributed by atoms with Gasteiger partial charge in [0.15, 0.2) is 0 Å². The smallest absolute Gasteiger partial charge is 0.492 e. The van der Waals surface area contributed by atoms with Crippen LogP contribution in [-0.4, -0.2) is 29.6 Å². The van der Waals surface area contributed by atoms with Gasteiger partial charge in [-0.15, -0.1) is 13.2 Å². The van der Waals surface area contributed by atoms with E-state index in [4.69, 9.17) is 21.1 Å². The summed E-state index contributed by atoms with van der Waals surface area (Å²) in [4.78, 5) is 11.8. The molecule has 1 aliphatic heterocycles. The van der Waals surface area contributed by atoms with Gasteiger partial charge in [-0.1, -0.05) is 37.6 Å². The Kier molecular flexibility index (Phi) is 7.12. The van der Waals surface area contributed by atoms with Gasteiger partial charge >= 0.3 is 12.3 Å². The van der Waals surface area contributed by atoms with Crippen molar-refractivity contribution >= 4 is 17.6 Å². The second-order valence-electron chi connectivity index (χ2n) is 8.02. The summed E-state index contributed by atoms with van der Waals surface area (Å²) in [6.45, 7) is 4.02. The highest BCUT2D eigenvalue weighted by molar-refractivity contribution is 6.32. The summed E-state index contributed by atoms with van der Waals surface area (Å²) in [6.07, 6.45) is -2.17. The Hall–Kier alpha value is -2.61. The average molecular weight is 473 g/mol. The lowest BCUT2D eigenvalue weighted by Gasteiger charge is -2.27. The molecule has 5 nitrogen and oxygen atoms in total. The topological polar surface area (TPSA) is 65.0 Å². The van der Waals surface area contributed by atoms with Gasteiger partial charge in [0.05, 0.1) is 11.6 Å². The van der Waals surface area contributed by atoms with E-state index in [1.54, 1.807) is 0 Å². The summed E-state index contributed by atoms with van der Waals surface area (Å²) < 4.78 is 51.9. The Labute approximate surface area is 189 Å². The summed E-state index contributed by atoms with van der Waals surface area (Å²) in [5.74, 6) is -0.636. The molecule has 0 spiro atoms. The molecule has 0 amide bonds. The maximum absolute atomic E-state index is 12.3. The van der Waals surface area contributed by atoms with Crippen molar-refractivity contribution in [3.63, 3.8) is 0 Å². The molecule has 1 heterocycles. The fourth-order valence-corrected chi connectivity index (χ4v) is 3.86. The molecule has 0 radical (unpaired) electrons. The van der Waals surface area contributed by atoms with Gasteiger partial charge in [0, 0.05) is 18.4 Å². The van der Waals surface area contributed by atoms with Gasteiger partial charge in [-0.3, -0.25) is 0 Å². The first-order valence-electron chi connectivity index (χ1n) is 10.2. The van der Waals surface area contributed by atoms with E-state index < -0.39 is 23.7 Å². The van der Waals surface area contributed by atoms with E-state index in [0.717, 1.165) is 36.1 Å². The Bertz CT molecular complexity index is 977. The van der Waals surface area contributed by atoms with Gasteiger partial charge in [-0.25, -0.2) is 4.79 Å². The number of carbonyl (C=O) groups is 1. The molecule has 2 aromatic carbocycles. The van der Waals surface area contributed by atoms with Crippen LogP contribution in [0.5, 0.6) is 17.2 Å². The molecule has 32 heavy (non-hydrogen) atoms. The van der Waals surface area contributed by atoms with Crippen LogP contribution in [0.15, 0.2) is 36.4 Å². The minimum atomic E-state index is -4.78. The third-order valence-electron chi connectivity index (χ3n) is 5.42. The molecule has 0 bridgehead atoms. The first-order valence-corrected chi connectivity index (χ1v) is 10.6. The number of aliphatic carboxylic acids is 1. The SMILES string of the molecule is CC(C)[C@@]1(C(=O)O)Cc2cc(CCCCOc3ccc(OC(F)(F)F)cc3Cl)ccc2O1. The molecule has 0 unspecified atom stereocenters. The molecular formula is C23H24ClF3O5. The van der Waals surface area contributed by atoms with E-state index in [-0.39, 0.29) is 16.7 Å². The minimum Gasteiger partial charge on any atom is -0.492 e. The van der Waals surface area contributed by atoms with E-state index in [9.17, 15) is 23.1 Å². The summed E-state index contributed by atoms with van der Waals surface area (Å²) in [5, 5.41) is 9.69. The van der Waals surface area contributed by atoms with Gasteiger partial charge in [-0.2, -0.15) is 0 Å². The molecular weight excluding hydrogens is 449 g/mol. The van der Waals surface area contributed by atoms with Gasteiger partial charge in [0.2, 0.25) is 5.60 Å². The van der Waals surface area contributed by atoms with Crippen LogP contribution in [0, 0.1) is 5.92 Å². The van der Waals surface area contributed by atoms with Crippen LogP contribution in [0.4, 0.5) is 13.2 Å². The Morgan fingerprint density at radius 1 is 1.22 bits per heavy atom. The van der Waals surface area contributed by atoms with Gasteiger partial charge in [0.1, 0.15) is 17.2 Å². The number of halogens is 4. The standard InChI is InChI=1S/C23H24ClF3O5/c1-14(2)22(21(28)29)13-16-11-15(6-8-19(16)32-22)5-3-4-10-30-20-9-7-17(12-18(20)24)31-23(25,26)27/h6-9,11-12,14H,3-5,10,13H2,1-2H3,(H,28,29)/t22-/m1/s1. The molecule has 1 aliphatic rings. The number of hydrogen-bond donors (Lipinski definition) is 1. The van der Waals surface area contributed by atoms with E-state index in [1.165, 1.54) is 6.07 Å². The van der Waals surface area contributed by atoms with Crippen molar-refractivity contribution in [2.24, 2.45) is 5.92 Å². The molecule has 9 heteroatoms.